The fraction of sp³-hybridized carbons (Fsp3) is 0.214. The van der Waals surface area contributed by atoms with Crippen molar-refractivity contribution in [2.24, 2.45) is 0 Å². The van der Waals surface area contributed by atoms with Crippen LogP contribution in [0, 0.1) is 0 Å². The summed E-state index contributed by atoms with van der Waals surface area (Å²) in [6.45, 7) is 0.115. The van der Waals surface area contributed by atoms with Crippen molar-refractivity contribution < 1.29 is 18.3 Å². The van der Waals surface area contributed by atoms with Gasteiger partial charge in [-0.05, 0) is 24.6 Å². The maximum Gasteiger partial charge on any atom is 0.303 e. The van der Waals surface area contributed by atoms with Crippen LogP contribution in [0.1, 0.15) is 12.8 Å². The van der Waals surface area contributed by atoms with Gasteiger partial charge in [0.15, 0.2) is 0 Å². The van der Waals surface area contributed by atoms with Crippen molar-refractivity contribution in [2.45, 2.75) is 17.7 Å². The first-order chi connectivity index (χ1) is 10.0. The maximum absolute atomic E-state index is 12.6. The van der Waals surface area contributed by atoms with E-state index in [9.17, 15) is 13.2 Å². The summed E-state index contributed by atoms with van der Waals surface area (Å²) in [5.41, 5.74) is 0.518. The van der Waals surface area contributed by atoms with Crippen LogP contribution in [0.15, 0.2) is 53.7 Å². The summed E-state index contributed by atoms with van der Waals surface area (Å²) in [6.07, 6.45) is 3.11. The molecule has 0 bridgehead atoms. The van der Waals surface area contributed by atoms with Crippen molar-refractivity contribution in [1.82, 2.24) is 4.98 Å². The minimum atomic E-state index is -3.70. The highest BCUT2D eigenvalue weighted by Crippen LogP contribution is 2.23. The van der Waals surface area contributed by atoms with E-state index in [0.717, 1.165) is 0 Å². The second kappa shape index (κ2) is 6.45. The predicted octanol–water partition coefficient (Wildman–Crippen LogP) is 2.07. The van der Waals surface area contributed by atoms with Gasteiger partial charge in [0.1, 0.15) is 4.90 Å². The molecule has 1 aromatic heterocycles. The number of sulfonamides is 1. The second-order valence-corrected chi connectivity index (χ2v) is 6.32. The van der Waals surface area contributed by atoms with Crippen molar-refractivity contribution >= 4 is 21.7 Å². The van der Waals surface area contributed by atoms with Gasteiger partial charge in [0.25, 0.3) is 10.0 Å². The normalized spacial score (nSPS) is 11.2. The Hall–Kier alpha value is -2.28. The number of nitrogens with zero attached hydrogens (tertiary/aromatic N) is 1. The number of aromatic nitrogens is 1. The number of aliphatic carboxylic acids is 1. The van der Waals surface area contributed by atoms with Crippen LogP contribution in [0.4, 0.5) is 5.69 Å². The van der Waals surface area contributed by atoms with Gasteiger partial charge in [-0.25, -0.2) is 8.42 Å². The van der Waals surface area contributed by atoms with E-state index in [-0.39, 0.29) is 24.3 Å². The lowest BCUT2D eigenvalue weighted by Crippen LogP contribution is -2.32. The number of hydrogen-bond donors (Lipinski definition) is 2. The Morgan fingerprint density at radius 3 is 2.48 bits per heavy atom. The van der Waals surface area contributed by atoms with E-state index < -0.39 is 16.0 Å². The average Bonchev–Trinajstić information content (AvgIpc) is 2.99. The highest BCUT2D eigenvalue weighted by molar-refractivity contribution is 7.92. The molecule has 1 aromatic carbocycles. The molecule has 1 heterocycles. The number of rotatable bonds is 7. The molecule has 0 aliphatic rings. The van der Waals surface area contributed by atoms with Crippen molar-refractivity contribution in [2.75, 3.05) is 10.8 Å². The molecule has 112 valence electrons. The molecule has 0 atom stereocenters. The Morgan fingerprint density at radius 1 is 1.19 bits per heavy atom. The molecule has 2 N–H and O–H groups in total. The topological polar surface area (TPSA) is 90.5 Å². The third-order valence-corrected chi connectivity index (χ3v) is 4.78. The number of carboxylic acids is 1. The Kier molecular flexibility index (Phi) is 4.64. The Bertz CT molecular complexity index is 681. The lowest BCUT2D eigenvalue weighted by Gasteiger charge is -2.23. The lowest BCUT2D eigenvalue weighted by atomic mass is 10.3. The zero-order chi connectivity index (χ0) is 15.3. The molecule has 2 rings (SSSR count). The SMILES string of the molecule is O=C(O)CCCN(c1ccccc1)S(=O)(=O)c1cc[nH]c1. The minimum absolute atomic E-state index is 0.0774. The van der Waals surface area contributed by atoms with Gasteiger partial charge >= 0.3 is 5.97 Å². The van der Waals surface area contributed by atoms with Gasteiger partial charge in [-0.15, -0.1) is 0 Å². The largest absolute Gasteiger partial charge is 0.481 e. The fourth-order valence-corrected chi connectivity index (χ4v) is 3.43. The molecule has 0 fully saturated rings. The summed E-state index contributed by atoms with van der Waals surface area (Å²) in [6, 6.07) is 10.1. The molecule has 6 nitrogen and oxygen atoms in total. The molecule has 0 saturated heterocycles. The Balaban J connectivity index is 2.30. The van der Waals surface area contributed by atoms with Gasteiger partial charge in [-0.3, -0.25) is 9.10 Å². The first kappa shape index (κ1) is 15.1. The van der Waals surface area contributed by atoms with E-state index in [0.29, 0.717) is 5.69 Å². The first-order valence-corrected chi connectivity index (χ1v) is 7.88. The zero-order valence-corrected chi connectivity index (χ0v) is 12.1. The summed E-state index contributed by atoms with van der Waals surface area (Å²) in [5, 5.41) is 8.71. The van der Waals surface area contributed by atoms with E-state index in [1.54, 1.807) is 30.3 Å². The maximum atomic E-state index is 12.6. The first-order valence-electron chi connectivity index (χ1n) is 6.44. The molecular weight excluding hydrogens is 292 g/mol. The van der Waals surface area contributed by atoms with Crippen LogP contribution in [0.5, 0.6) is 0 Å². The number of anilines is 1. The number of nitrogens with one attached hydrogen (secondary N) is 1. The zero-order valence-electron chi connectivity index (χ0n) is 11.3. The Morgan fingerprint density at radius 2 is 1.90 bits per heavy atom. The summed E-state index contributed by atoms with van der Waals surface area (Å²) in [7, 11) is -3.70. The number of H-pyrrole nitrogens is 1. The van der Waals surface area contributed by atoms with Crippen LogP contribution in [0.2, 0.25) is 0 Å². The molecule has 21 heavy (non-hydrogen) atoms. The summed E-state index contributed by atoms with van der Waals surface area (Å²) in [5.74, 6) is -0.943. The van der Waals surface area contributed by atoms with Crippen LogP contribution < -0.4 is 4.31 Å². The van der Waals surface area contributed by atoms with Crippen LogP contribution in [0.3, 0.4) is 0 Å². The molecule has 0 saturated carbocycles. The summed E-state index contributed by atoms with van der Waals surface area (Å²) < 4.78 is 26.5. The van der Waals surface area contributed by atoms with Crippen molar-refractivity contribution in [3.05, 3.63) is 48.8 Å². The van der Waals surface area contributed by atoms with Gasteiger partial charge in [-0.1, -0.05) is 18.2 Å². The standard InChI is InChI=1S/C14H16N2O4S/c17-14(18)7-4-10-16(12-5-2-1-3-6-12)21(19,20)13-8-9-15-11-13/h1-3,5-6,8-9,11,15H,4,7,10H2,(H,17,18). The van der Waals surface area contributed by atoms with E-state index in [1.807, 2.05) is 0 Å². The van der Waals surface area contributed by atoms with Crippen LogP contribution in [-0.2, 0) is 14.8 Å². The molecule has 7 heteroatoms. The molecule has 0 aliphatic heterocycles. The van der Waals surface area contributed by atoms with Crippen LogP contribution in [-0.4, -0.2) is 31.0 Å². The van der Waals surface area contributed by atoms with Crippen molar-refractivity contribution in [3.63, 3.8) is 0 Å². The number of para-hydroxylation sites is 1. The highest BCUT2D eigenvalue weighted by Gasteiger charge is 2.25. The van der Waals surface area contributed by atoms with Crippen LogP contribution >= 0.6 is 0 Å². The molecule has 0 spiro atoms. The average molecular weight is 308 g/mol. The third kappa shape index (κ3) is 3.63. The van der Waals surface area contributed by atoms with Crippen molar-refractivity contribution in [3.8, 4) is 0 Å². The van der Waals surface area contributed by atoms with Crippen LogP contribution in [0.25, 0.3) is 0 Å². The quantitative estimate of drug-likeness (QED) is 0.819. The van der Waals surface area contributed by atoms with Gasteiger partial charge < -0.3 is 10.1 Å². The molecule has 0 radical (unpaired) electrons. The molecule has 0 aliphatic carbocycles. The van der Waals surface area contributed by atoms with Gasteiger partial charge in [0, 0.05) is 25.4 Å². The number of hydrogen-bond acceptors (Lipinski definition) is 3. The van der Waals surface area contributed by atoms with E-state index in [2.05, 4.69) is 4.98 Å². The minimum Gasteiger partial charge on any atom is -0.481 e. The second-order valence-electron chi connectivity index (χ2n) is 4.46. The number of aromatic amines is 1. The summed E-state index contributed by atoms with van der Waals surface area (Å²) in [4.78, 5) is 13.5. The summed E-state index contributed by atoms with van der Waals surface area (Å²) >= 11 is 0. The molecular formula is C14H16N2O4S. The van der Waals surface area contributed by atoms with Gasteiger partial charge in [0.05, 0.1) is 5.69 Å². The third-order valence-electron chi connectivity index (χ3n) is 2.95. The number of benzene rings is 1. The highest BCUT2D eigenvalue weighted by atomic mass is 32.2. The smallest absolute Gasteiger partial charge is 0.303 e. The number of carboxylic acid groups (broad SMARTS) is 1. The van der Waals surface area contributed by atoms with E-state index in [4.69, 9.17) is 5.11 Å². The van der Waals surface area contributed by atoms with Gasteiger partial charge in [-0.2, -0.15) is 0 Å². The monoisotopic (exact) mass is 308 g/mol. The lowest BCUT2D eigenvalue weighted by molar-refractivity contribution is -0.137. The molecule has 0 unspecified atom stereocenters. The van der Waals surface area contributed by atoms with E-state index >= 15 is 0 Å². The van der Waals surface area contributed by atoms with E-state index in [1.165, 1.54) is 22.8 Å². The predicted molar refractivity (Wildman–Crippen MR) is 78.6 cm³/mol. The molecule has 2 aromatic rings. The number of carbonyl (C=O) groups is 1. The van der Waals surface area contributed by atoms with Gasteiger partial charge in [0.2, 0.25) is 0 Å². The molecule has 0 amide bonds. The van der Waals surface area contributed by atoms with Crippen molar-refractivity contribution in [1.29, 1.82) is 0 Å². The Labute approximate surface area is 123 Å². The fourth-order valence-electron chi connectivity index (χ4n) is 1.95.